The van der Waals surface area contributed by atoms with Crippen molar-refractivity contribution in [2.24, 2.45) is 0 Å². The van der Waals surface area contributed by atoms with Gasteiger partial charge in [-0.15, -0.1) is 0 Å². The smallest absolute Gasteiger partial charge is 0.219 e. The Labute approximate surface area is 106 Å². The molecule has 0 bridgehead atoms. The highest BCUT2D eigenvalue weighted by molar-refractivity contribution is 5.75. The highest BCUT2D eigenvalue weighted by atomic mass is 16.1. The summed E-state index contributed by atoms with van der Waals surface area (Å²) < 4.78 is 0. The Morgan fingerprint density at radius 2 is 1.82 bits per heavy atom. The van der Waals surface area contributed by atoms with Crippen LogP contribution < -0.4 is 10.6 Å². The number of amides is 1. The van der Waals surface area contributed by atoms with E-state index in [9.17, 15) is 4.79 Å². The molecule has 0 aliphatic rings. The van der Waals surface area contributed by atoms with Gasteiger partial charge in [0.1, 0.15) is 0 Å². The van der Waals surface area contributed by atoms with Gasteiger partial charge in [0.05, 0.1) is 0 Å². The molecule has 0 spiro atoms. The highest BCUT2D eigenvalue weighted by Crippen LogP contribution is 1.97. The van der Waals surface area contributed by atoms with Crippen LogP contribution in [0.15, 0.2) is 0 Å². The molecule has 2 N–H and O–H groups in total. The van der Waals surface area contributed by atoms with Crippen LogP contribution in [0.1, 0.15) is 39.5 Å². The van der Waals surface area contributed by atoms with E-state index in [0.29, 0.717) is 12.5 Å². The Bertz CT molecular complexity index is 195. The number of carbonyl (C=O) groups excluding carboxylic acids is 1. The standard InChI is InChI=1S/C13H29N3O/c1-12(2)16(4)11-6-5-9-15-10-7-8-13(17)14-3/h12,15H,5-11H2,1-4H3,(H,14,17). The molecule has 0 heterocycles. The highest BCUT2D eigenvalue weighted by Gasteiger charge is 2.01. The minimum atomic E-state index is 0.130. The molecule has 0 unspecified atom stereocenters. The van der Waals surface area contributed by atoms with E-state index in [2.05, 4.69) is 36.4 Å². The second-order valence-electron chi connectivity index (χ2n) is 4.81. The average Bonchev–Trinajstić information content (AvgIpc) is 2.31. The second-order valence-corrected chi connectivity index (χ2v) is 4.81. The van der Waals surface area contributed by atoms with E-state index in [-0.39, 0.29) is 5.91 Å². The van der Waals surface area contributed by atoms with Gasteiger partial charge in [0, 0.05) is 19.5 Å². The van der Waals surface area contributed by atoms with E-state index in [1.54, 1.807) is 7.05 Å². The van der Waals surface area contributed by atoms with Gasteiger partial charge in [-0.3, -0.25) is 4.79 Å². The van der Waals surface area contributed by atoms with Gasteiger partial charge in [0.2, 0.25) is 5.91 Å². The molecule has 0 fully saturated rings. The normalized spacial score (nSPS) is 11.2. The lowest BCUT2D eigenvalue weighted by molar-refractivity contribution is -0.120. The van der Waals surface area contributed by atoms with Gasteiger partial charge in [-0.05, 0) is 59.8 Å². The van der Waals surface area contributed by atoms with E-state index in [4.69, 9.17) is 0 Å². The van der Waals surface area contributed by atoms with Gasteiger partial charge in [-0.1, -0.05) is 0 Å². The molecular formula is C13H29N3O. The van der Waals surface area contributed by atoms with Crippen molar-refractivity contribution >= 4 is 5.91 Å². The van der Waals surface area contributed by atoms with Crippen molar-refractivity contribution in [3.05, 3.63) is 0 Å². The monoisotopic (exact) mass is 243 g/mol. The van der Waals surface area contributed by atoms with Crippen molar-refractivity contribution in [2.45, 2.75) is 45.6 Å². The van der Waals surface area contributed by atoms with Crippen LogP contribution in [0.25, 0.3) is 0 Å². The summed E-state index contributed by atoms with van der Waals surface area (Å²) in [5.41, 5.74) is 0. The summed E-state index contributed by atoms with van der Waals surface area (Å²) in [6.07, 6.45) is 3.99. The fourth-order valence-corrected chi connectivity index (χ4v) is 1.49. The number of nitrogens with one attached hydrogen (secondary N) is 2. The zero-order valence-electron chi connectivity index (χ0n) is 11.9. The van der Waals surface area contributed by atoms with E-state index < -0.39 is 0 Å². The van der Waals surface area contributed by atoms with Gasteiger partial charge in [0.15, 0.2) is 0 Å². The molecule has 4 heteroatoms. The summed E-state index contributed by atoms with van der Waals surface area (Å²) >= 11 is 0. The first-order valence-electron chi connectivity index (χ1n) is 6.69. The van der Waals surface area contributed by atoms with E-state index in [1.807, 2.05) is 0 Å². The van der Waals surface area contributed by atoms with Crippen molar-refractivity contribution < 1.29 is 4.79 Å². The first-order valence-corrected chi connectivity index (χ1v) is 6.69. The number of unbranched alkanes of at least 4 members (excludes halogenated alkanes) is 1. The molecule has 0 aromatic carbocycles. The lowest BCUT2D eigenvalue weighted by Crippen LogP contribution is -2.28. The van der Waals surface area contributed by atoms with Crippen molar-refractivity contribution in [3.8, 4) is 0 Å². The molecule has 0 atom stereocenters. The zero-order chi connectivity index (χ0) is 13.1. The maximum Gasteiger partial charge on any atom is 0.219 e. The Kier molecular flexibility index (Phi) is 10.2. The first-order chi connectivity index (χ1) is 8.07. The summed E-state index contributed by atoms with van der Waals surface area (Å²) in [4.78, 5) is 13.3. The van der Waals surface area contributed by atoms with Crippen molar-refractivity contribution in [1.82, 2.24) is 15.5 Å². The van der Waals surface area contributed by atoms with Crippen LogP contribution in [0.2, 0.25) is 0 Å². The summed E-state index contributed by atoms with van der Waals surface area (Å²) in [5, 5.41) is 6.00. The van der Waals surface area contributed by atoms with Crippen LogP contribution in [0.5, 0.6) is 0 Å². The summed E-state index contributed by atoms with van der Waals surface area (Å²) in [6.45, 7) is 7.60. The van der Waals surface area contributed by atoms with Crippen LogP contribution >= 0.6 is 0 Å². The number of carbonyl (C=O) groups is 1. The maximum absolute atomic E-state index is 10.9. The molecule has 0 rings (SSSR count). The molecule has 17 heavy (non-hydrogen) atoms. The van der Waals surface area contributed by atoms with Crippen molar-refractivity contribution in [3.63, 3.8) is 0 Å². The van der Waals surface area contributed by atoms with Crippen molar-refractivity contribution in [1.29, 1.82) is 0 Å². The van der Waals surface area contributed by atoms with Crippen LogP contribution in [-0.2, 0) is 4.79 Å². The molecule has 0 aromatic rings. The molecule has 0 aliphatic heterocycles. The molecule has 0 radical (unpaired) electrons. The van der Waals surface area contributed by atoms with Gasteiger partial charge >= 0.3 is 0 Å². The SMILES string of the molecule is CNC(=O)CCCNCCCCN(C)C(C)C. The Morgan fingerprint density at radius 1 is 1.18 bits per heavy atom. The van der Waals surface area contributed by atoms with E-state index in [0.717, 1.165) is 26.1 Å². The number of hydrogen-bond donors (Lipinski definition) is 2. The van der Waals surface area contributed by atoms with Gasteiger partial charge in [-0.2, -0.15) is 0 Å². The largest absolute Gasteiger partial charge is 0.359 e. The van der Waals surface area contributed by atoms with Gasteiger partial charge in [-0.25, -0.2) is 0 Å². The number of rotatable bonds is 10. The lowest BCUT2D eigenvalue weighted by Gasteiger charge is -2.20. The predicted molar refractivity (Wildman–Crippen MR) is 73.2 cm³/mol. The van der Waals surface area contributed by atoms with Crippen LogP contribution in [0, 0.1) is 0 Å². The minimum absolute atomic E-state index is 0.130. The average molecular weight is 243 g/mol. The Hall–Kier alpha value is -0.610. The van der Waals surface area contributed by atoms with E-state index >= 15 is 0 Å². The quantitative estimate of drug-likeness (QED) is 0.567. The van der Waals surface area contributed by atoms with E-state index in [1.165, 1.54) is 12.8 Å². The third kappa shape index (κ3) is 10.3. The lowest BCUT2D eigenvalue weighted by atomic mass is 10.2. The van der Waals surface area contributed by atoms with Crippen LogP contribution in [0.4, 0.5) is 0 Å². The number of hydrogen-bond acceptors (Lipinski definition) is 3. The van der Waals surface area contributed by atoms with Gasteiger partial charge < -0.3 is 15.5 Å². The molecule has 4 nitrogen and oxygen atoms in total. The first kappa shape index (κ1) is 16.4. The summed E-state index contributed by atoms with van der Waals surface area (Å²) in [7, 11) is 3.85. The van der Waals surface area contributed by atoms with Gasteiger partial charge in [0.25, 0.3) is 0 Å². The molecule has 0 aliphatic carbocycles. The third-order valence-electron chi connectivity index (χ3n) is 3.03. The topological polar surface area (TPSA) is 44.4 Å². The maximum atomic E-state index is 10.9. The third-order valence-corrected chi connectivity index (χ3v) is 3.03. The second kappa shape index (κ2) is 10.5. The molecular weight excluding hydrogens is 214 g/mol. The fraction of sp³-hybridized carbons (Fsp3) is 0.923. The molecule has 0 aromatic heterocycles. The Balaban J connectivity index is 3.16. The molecule has 0 saturated carbocycles. The fourth-order valence-electron chi connectivity index (χ4n) is 1.49. The number of nitrogens with zero attached hydrogens (tertiary/aromatic N) is 1. The van der Waals surface area contributed by atoms with Crippen molar-refractivity contribution in [2.75, 3.05) is 33.7 Å². The Morgan fingerprint density at radius 3 is 2.41 bits per heavy atom. The van der Waals surface area contributed by atoms with Crippen LogP contribution in [0.3, 0.4) is 0 Å². The predicted octanol–water partition coefficient (Wildman–Crippen LogP) is 1.22. The zero-order valence-corrected chi connectivity index (χ0v) is 11.9. The molecule has 1 amide bonds. The molecule has 0 saturated heterocycles. The minimum Gasteiger partial charge on any atom is -0.359 e. The summed E-state index contributed by atoms with van der Waals surface area (Å²) in [5.74, 6) is 0.130. The molecule has 102 valence electrons. The van der Waals surface area contributed by atoms with Crippen LogP contribution in [-0.4, -0.2) is 50.6 Å². The summed E-state index contributed by atoms with van der Waals surface area (Å²) in [6, 6.07) is 0.635.